The summed E-state index contributed by atoms with van der Waals surface area (Å²) in [5, 5.41) is 16.6. The molecule has 2 amide bonds. The number of rotatable bonds is 8. The second-order valence-electron chi connectivity index (χ2n) is 8.54. The number of carbonyl (C=O) groups is 3. The Balaban J connectivity index is 1.45. The summed E-state index contributed by atoms with van der Waals surface area (Å²) in [6.45, 7) is 1.20. The summed E-state index contributed by atoms with van der Waals surface area (Å²) < 4.78 is 50.3. The SMILES string of the molecule is COc1cc(/C=C2/C(=O)N(c3cccc(C(F)(F)F)c3)N=C2C)ccc1OCC(=O)Nc1ccc(C(=O)O)cc1. The van der Waals surface area contributed by atoms with Crippen LogP contribution in [0.4, 0.5) is 24.5 Å². The van der Waals surface area contributed by atoms with E-state index >= 15 is 0 Å². The molecule has 1 aliphatic rings. The van der Waals surface area contributed by atoms with E-state index in [0.717, 1.165) is 17.1 Å². The first kappa shape index (κ1) is 27.9. The Morgan fingerprint density at radius 3 is 2.42 bits per heavy atom. The predicted octanol–water partition coefficient (Wildman–Crippen LogP) is 5.24. The van der Waals surface area contributed by atoms with Crippen LogP contribution >= 0.6 is 0 Å². The molecule has 0 aromatic heterocycles. The van der Waals surface area contributed by atoms with Gasteiger partial charge in [-0.3, -0.25) is 9.59 Å². The Labute approximate surface area is 226 Å². The lowest BCUT2D eigenvalue weighted by Gasteiger charge is -2.14. The molecule has 0 bridgehead atoms. The zero-order chi connectivity index (χ0) is 29.0. The van der Waals surface area contributed by atoms with Crippen LogP contribution in [0.2, 0.25) is 0 Å². The van der Waals surface area contributed by atoms with E-state index in [9.17, 15) is 27.6 Å². The molecule has 0 radical (unpaired) electrons. The van der Waals surface area contributed by atoms with Crippen molar-refractivity contribution < 1.29 is 42.1 Å². The van der Waals surface area contributed by atoms with E-state index in [2.05, 4.69) is 10.4 Å². The first-order chi connectivity index (χ1) is 19.0. The number of carbonyl (C=O) groups excluding carboxylic acids is 2. The van der Waals surface area contributed by atoms with Crippen molar-refractivity contribution in [2.75, 3.05) is 24.0 Å². The summed E-state index contributed by atoms with van der Waals surface area (Å²) in [5.74, 6) is -1.66. The van der Waals surface area contributed by atoms with E-state index in [0.29, 0.717) is 17.0 Å². The normalized spacial score (nSPS) is 14.2. The lowest BCUT2D eigenvalue weighted by molar-refractivity contribution is -0.137. The molecule has 0 atom stereocenters. The average Bonchev–Trinajstić information content (AvgIpc) is 3.20. The van der Waals surface area contributed by atoms with E-state index in [1.54, 1.807) is 19.1 Å². The summed E-state index contributed by atoms with van der Waals surface area (Å²) in [6, 6.07) is 14.7. The van der Waals surface area contributed by atoms with Gasteiger partial charge in [0, 0.05) is 5.69 Å². The van der Waals surface area contributed by atoms with Gasteiger partial charge in [0.25, 0.3) is 11.8 Å². The number of hydrogen-bond acceptors (Lipinski definition) is 6. The van der Waals surface area contributed by atoms with Crippen molar-refractivity contribution in [1.82, 2.24) is 0 Å². The Morgan fingerprint density at radius 2 is 1.77 bits per heavy atom. The lowest BCUT2D eigenvalue weighted by atomic mass is 10.1. The minimum Gasteiger partial charge on any atom is -0.493 e. The maximum atomic E-state index is 13.1. The summed E-state index contributed by atoms with van der Waals surface area (Å²) in [7, 11) is 1.39. The number of benzene rings is 3. The van der Waals surface area contributed by atoms with Crippen LogP contribution in [0.3, 0.4) is 0 Å². The van der Waals surface area contributed by atoms with Crippen molar-refractivity contribution >= 4 is 40.9 Å². The van der Waals surface area contributed by atoms with E-state index in [4.69, 9.17) is 14.6 Å². The van der Waals surface area contributed by atoms with Crippen molar-refractivity contribution in [3.63, 3.8) is 0 Å². The molecule has 3 aromatic carbocycles. The first-order valence-electron chi connectivity index (χ1n) is 11.7. The Hall–Kier alpha value is -5.13. The molecule has 0 aliphatic carbocycles. The molecule has 3 aromatic rings. The minimum absolute atomic E-state index is 0.0139. The van der Waals surface area contributed by atoms with Crippen molar-refractivity contribution in [3.8, 4) is 11.5 Å². The number of alkyl halides is 3. The average molecular weight is 553 g/mol. The number of amides is 2. The van der Waals surface area contributed by atoms with Gasteiger partial charge >= 0.3 is 12.1 Å². The minimum atomic E-state index is -4.56. The van der Waals surface area contributed by atoms with Gasteiger partial charge < -0.3 is 19.9 Å². The molecular formula is C28H22F3N3O6. The topological polar surface area (TPSA) is 118 Å². The molecule has 1 heterocycles. The molecule has 4 rings (SSSR count). The van der Waals surface area contributed by atoms with Crippen LogP contribution < -0.4 is 19.8 Å². The highest BCUT2D eigenvalue weighted by Gasteiger charge is 2.33. The van der Waals surface area contributed by atoms with E-state index in [1.165, 1.54) is 55.7 Å². The quantitative estimate of drug-likeness (QED) is 0.369. The van der Waals surface area contributed by atoms with Gasteiger partial charge in [0.1, 0.15) is 0 Å². The second kappa shape index (κ2) is 11.3. The van der Waals surface area contributed by atoms with Crippen molar-refractivity contribution in [1.29, 1.82) is 0 Å². The molecule has 0 spiro atoms. The Kier molecular flexibility index (Phi) is 7.89. The van der Waals surface area contributed by atoms with Crippen molar-refractivity contribution in [2.45, 2.75) is 13.1 Å². The summed E-state index contributed by atoms with van der Waals surface area (Å²) in [4.78, 5) is 36.2. The molecule has 0 saturated carbocycles. The molecule has 12 heteroatoms. The van der Waals surface area contributed by atoms with Crippen molar-refractivity contribution in [3.05, 3.63) is 89.0 Å². The number of carboxylic acids is 1. The first-order valence-corrected chi connectivity index (χ1v) is 11.7. The van der Waals surface area contributed by atoms with Gasteiger partial charge in [-0.05, 0) is 73.2 Å². The van der Waals surface area contributed by atoms with Gasteiger partial charge in [0.2, 0.25) is 0 Å². The maximum absolute atomic E-state index is 13.1. The number of methoxy groups -OCH3 is 1. The summed E-state index contributed by atoms with van der Waals surface area (Å²) in [5.41, 5.74) is 0.587. The molecule has 2 N–H and O–H groups in total. The molecule has 9 nitrogen and oxygen atoms in total. The predicted molar refractivity (Wildman–Crippen MR) is 141 cm³/mol. The summed E-state index contributed by atoms with van der Waals surface area (Å²) >= 11 is 0. The fourth-order valence-electron chi connectivity index (χ4n) is 3.77. The van der Waals surface area contributed by atoms with Crippen LogP contribution in [-0.4, -0.2) is 42.3 Å². The molecular weight excluding hydrogens is 531 g/mol. The number of nitrogens with zero attached hydrogens (tertiary/aromatic N) is 2. The van der Waals surface area contributed by atoms with E-state index < -0.39 is 29.5 Å². The van der Waals surface area contributed by atoms with Crippen LogP contribution in [-0.2, 0) is 15.8 Å². The van der Waals surface area contributed by atoms with Crippen LogP contribution in [0.1, 0.15) is 28.4 Å². The molecule has 1 aliphatic heterocycles. The highest BCUT2D eigenvalue weighted by molar-refractivity contribution is 6.32. The van der Waals surface area contributed by atoms with Gasteiger partial charge in [0.15, 0.2) is 18.1 Å². The Bertz CT molecular complexity index is 1530. The third kappa shape index (κ3) is 6.29. The van der Waals surface area contributed by atoms with Gasteiger partial charge in [-0.1, -0.05) is 12.1 Å². The van der Waals surface area contributed by atoms with Crippen LogP contribution in [0.5, 0.6) is 11.5 Å². The number of ether oxygens (including phenoxy) is 2. The number of aromatic carboxylic acids is 1. The molecule has 40 heavy (non-hydrogen) atoms. The smallest absolute Gasteiger partial charge is 0.416 e. The standard InChI is InChI=1S/C28H22F3N3O6/c1-16-22(26(36)34(33-16)21-5-3-4-19(14-21)28(29,30)31)12-17-6-11-23(24(13-17)39-2)40-15-25(35)32-20-9-7-18(8-10-20)27(37)38/h3-14H,15H2,1-2H3,(H,32,35)(H,37,38)/b22-12+. The van der Waals surface area contributed by atoms with E-state index in [-0.39, 0.29) is 34.9 Å². The number of carboxylic acid groups (broad SMARTS) is 1. The second-order valence-corrected chi connectivity index (χ2v) is 8.54. The molecule has 0 saturated heterocycles. The van der Waals surface area contributed by atoms with Gasteiger partial charge in [-0.15, -0.1) is 0 Å². The maximum Gasteiger partial charge on any atom is 0.416 e. The fraction of sp³-hybridized carbons (Fsp3) is 0.143. The largest absolute Gasteiger partial charge is 0.493 e. The number of nitrogens with one attached hydrogen (secondary N) is 1. The molecule has 0 unspecified atom stereocenters. The number of anilines is 2. The zero-order valence-electron chi connectivity index (χ0n) is 21.2. The third-order valence-electron chi connectivity index (χ3n) is 5.75. The van der Waals surface area contributed by atoms with Crippen LogP contribution in [0.25, 0.3) is 6.08 Å². The van der Waals surface area contributed by atoms with Gasteiger partial charge in [-0.2, -0.15) is 23.3 Å². The zero-order valence-corrected chi connectivity index (χ0v) is 21.2. The van der Waals surface area contributed by atoms with Crippen LogP contribution in [0.15, 0.2) is 77.4 Å². The monoisotopic (exact) mass is 553 g/mol. The highest BCUT2D eigenvalue weighted by atomic mass is 19.4. The van der Waals surface area contributed by atoms with Crippen LogP contribution in [0, 0.1) is 0 Å². The number of hydrazone groups is 1. The lowest BCUT2D eigenvalue weighted by Crippen LogP contribution is -2.21. The van der Waals surface area contributed by atoms with Crippen molar-refractivity contribution in [2.24, 2.45) is 5.10 Å². The highest BCUT2D eigenvalue weighted by Crippen LogP contribution is 2.34. The molecule has 206 valence electrons. The Morgan fingerprint density at radius 1 is 1.05 bits per heavy atom. The van der Waals surface area contributed by atoms with Gasteiger partial charge in [0.05, 0.1) is 35.2 Å². The third-order valence-corrected chi connectivity index (χ3v) is 5.75. The molecule has 0 fully saturated rings. The number of halogens is 3. The summed E-state index contributed by atoms with van der Waals surface area (Å²) in [6.07, 6.45) is -3.04. The van der Waals surface area contributed by atoms with E-state index in [1.807, 2.05) is 0 Å². The fourth-order valence-corrected chi connectivity index (χ4v) is 3.77. The van der Waals surface area contributed by atoms with Gasteiger partial charge in [-0.25, -0.2) is 4.79 Å². The number of hydrogen-bond donors (Lipinski definition) is 2.